The topological polar surface area (TPSA) is 214 Å². The molecule has 0 saturated carbocycles. The first-order valence-corrected chi connectivity index (χ1v) is 14.7. The molecule has 2 rings (SSSR count). The molecule has 1 saturated heterocycles. The summed E-state index contributed by atoms with van der Waals surface area (Å²) in [7, 11) is 1.14. The molecule has 5 N–H and O–H groups in total. The molecule has 1 aliphatic heterocycles. The monoisotopic (exact) mass is 647 g/mol. The van der Waals surface area contributed by atoms with Gasteiger partial charge in [-0.2, -0.15) is 0 Å². The molecule has 1 aliphatic rings. The van der Waals surface area contributed by atoms with Crippen LogP contribution in [0.4, 0.5) is 15.3 Å². The quantitative estimate of drug-likeness (QED) is 0.0946. The van der Waals surface area contributed by atoms with Crippen LogP contribution in [0.15, 0.2) is 24.3 Å². The number of esters is 1. The Morgan fingerprint density at radius 3 is 2.13 bits per heavy atom. The summed E-state index contributed by atoms with van der Waals surface area (Å²) in [6.07, 6.45) is -1.00. The highest BCUT2D eigenvalue weighted by Crippen LogP contribution is 2.19. The predicted molar refractivity (Wildman–Crippen MR) is 167 cm³/mol. The molecule has 0 unspecified atom stereocenters. The van der Waals surface area contributed by atoms with Gasteiger partial charge in [0.05, 0.1) is 19.3 Å². The number of ether oxygens (including phenoxy) is 3. The number of nitrogens with two attached hydrogens (primary N) is 1. The van der Waals surface area contributed by atoms with Crippen LogP contribution in [0.5, 0.6) is 0 Å². The van der Waals surface area contributed by atoms with Crippen molar-refractivity contribution in [3.63, 3.8) is 0 Å². The lowest BCUT2D eigenvalue weighted by Crippen LogP contribution is -2.61. The second-order valence-corrected chi connectivity index (χ2v) is 12.4. The van der Waals surface area contributed by atoms with E-state index in [1.807, 2.05) is 0 Å². The zero-order valence-electron chi connectivity index (χ0n) is 27.4. The molecule has 1 fully saturated rings. The van der Waals surface area contributed by atoms with E-state index >= 15 is 0 Å². The fourth-order valence-electron chi connectivity index (χ4n) is 4.46. The van der Waals surface area contributed by atoms with Crippen LogP contribution in [0.3, 0.4) is 0 Å². The number of rotatable bonds is 10. The van der Waals surface area contributed by atoms with Crippen molar-refractivity contribution in [2.24, 2.45) is 5.73 Å². The van der Waals surface area contributed by atoms with Gasteiger partial charge in [-0.1, -0.05) is 0 Å². The van der Waals surface area contributed by atoms with Crippen LogP contribution in [0.1, 0.15) is 64.7 Å². The van der Waals surface area contributed by atoms with Crippen molar-refractivity contribution in [1.82, 2.24) is 20.4 Å². The maximum Gasteiger partial charge on any atom is 0.421 e. The number of hydrogen-bond donors (Lipinski definition) is 4. The fraction of sp³-hybridized carbons (Fsp3) is 0.567. The van der Waals surface area contributed by atoms with Gasteiger partial charge in [-0.15, -0.1) is 0 Å². The summed E-state index contributed by atoms with van der Waals surface area (Å²) in [5, 5.41) is 12.8. The zero-order valence-corrected chi connectivity index (χ0v) is 27.4. The van der Waals surface area contributed by atoms with Crippen molar-refractivity contribution in [2.45, 2.75) is 71.6 Å². The molecule has 254 valence electrons. The number of carbonyl (C=O) groups excluding carboxylic acids is 6. The number of amides is 5. The number of piperazine rings is 1. The molecule has 0 bridgehead atoms. The highest BCUT2D eigenvalue weighted by Gasteiger charge is 2.38. The summed E-state index contributed by atoms with van der Waals surface area (Å²) >= 11 is 0. The molecule has 0 spiro atoms. The maximum atomic E-state index is 13.5. The largest absolute Gasteiger partial charge is 0.459 e. The zero-order chi connectivity index (χ0) is 34.8. The Morgan fingerprint density at radius 2 is 1.59 bits per heavy atom. The summed E-state index contributed by atoms with van der Waals surface area (Å²) in [5.41, 5.74) is 4.39. The number of alkyl carbamates (subject to hydrolysis) is 1. The number of guanidine groups is 1. The van der Waals surface area contributed by atoms with Crippen molar-refractivity contribution in [3.8, 4) is 0 Å². The van der Waals surface area contributed by atoms with Gasteiger partial charge in [-0.3, -0.25) is 24.6 Å². The highest BCUT2D eigenvalue weighted by atomic mass is 16.6. The van der Waals surface area contributed by atoms with E-state index in [4.69, 9.17) is 20.6 Å². The number of anilines is 1. The Bertz CT molecular complexity index is 1300. The highest BCUT2D eigenvalue weighted by molar-refractivity contribution is 6.12. The Hall–Kier alpha value is -4.89. The molecule has 46 heavy (non-hydrogen) atoms. The van der Waals surface area contributed by atoms with Crippen LogP contribution in [0.25, 0.3) is 0 Å². The third kappa shape index (κ3) is 11.6. The van der Waals surface area contributed by atoms with Gasteiger partial charge in [0.25, 0.3) is 5.91 Å². The van der Waals surface area contributed by atoms with Crippen LogP contribution >= 0.6 is 0 Å². The lowest BCUT2D eigenvalue weighted by Gasteiger charge is -2.40. The van der Waals surface area contributed by atoms with Gasteiger partial charge in [0.2, 0.25) is 17.8 Å². The van der Waals surface area contributed by atoms with Crippen LogP contribution in [-0.4, -0.2) is 109 Å². The summed E-state index contributed by atoms with van der Waals surface area (Å²) < 4.78 is 15.2. The Balaban J connectivity index is 2.10. The Morgan fingerprint density at radius 1 is 0.978 bits per heavy atom. The summed E-state index contributed by atoms with van der Waals surface area (Å²) in [6.45, 7) is 10.0. The molecule has 1 atom stereocenters. The van der Waals surface area contributed by atoms with E-state index in [0.717, 1.165) is 12.0 Å². The number of nitrogens with one attached hydrogen (secondary N) is 3. The molecule has 0 radical (unpaired) electrons. The third-order valence-corrected chi connectivity index (χ3v) is 6.35. The number of benzene rings is 1. The van der Waals surface area contributed by atoms with Crippen molar-refractivity contribution < 1.29 is 43.0 Å². The van der Waals surface area contributed by atoms with Crippen molar-refractivity contribution in [3.05, 3.63) is 29.8 Å². The van der Waals surface area contributed by atoms with Gasteiger partial charge >= 0.3 is 18.2 Å². The van der Waals surface area contributed by atoms with Gasteiger partial charge in [0.1, 0.15) is 23.8 Å². The molecular weight excluding hydrogens is 602 g/mol. The SMILES string of the molecule is COC(=O)N(C(=N)N)c1ccc(C(=O)NCC(=O)N2CCN(CC(=O)OC(C)(C)C)C(=O)[C@@H]2CCCNC(=O)OC(C)(C)C)cc1. The molecule has 5 amide bonds. The van der Waals surface area contributed by atoms with Gasteiger partial charge in [-0.25, -0.2) is 14.5 Å². The maximum absolute atomic E-state index is 13.5. The Kier molecular flexibility index (Phi) is 12.9. The van der Waals surface area contributed by atoms with Crippen LogP contribution < -0.4 is 21.3 Å². The summed E-state index contributed by atoms with van der Waals surface area (Å²) in [5.74, 6) is -2.73. The second kappa shape index (κ2) is 15.9. The average Bonchev–Trinajstić information content (AvgIpc) is 2.93. The molecular formula is C30H45N7O9. The lowest BCUT2D eigenvalue weighted by molar-refractivity contribution is -0.163. The first-order valence-electron chi connectivity index (χ1n) is 14.7. The fourth-order valence-corrected chi connectivity index (χ4v) is 4.46. The Labute approximate surface area is 268 Å². The molecule has 1 aromatic rings. The molecule has 1 aromatic carbocycles. The number of hydrogen-bond acceptors (Lipinski definition) is 10. The smallest absolute Gasteiger partial charge is 0.421 e. The number of carbonyl (C=O) groups is 6. The minimum Gasteiger partial charge on any atom is -0.459 e. The van der Waals surface area contributed by atoms with Gasteiger partial charge in [-0.05, 0) is 78.6 Å². The second-order valence-electron chi connectivity index (χ2n) is 12.4. The van der Waals surface area contributed by atoms with Crippen molar-refractivity contribution in [2.75, 3.05) is 44.7 Å². The van der Waals surface area contributed by atoms with E-state index in [-0.39, 0.29) is 43.9 Å². The molecule has 0 aromatic heterocycles. The lowest BCUT2D eigenvalue weighted by atomic mass is 10.0. The van der Waals surface area contributed by atoms with Gasteiger partial charge in [0, 0.05) is 25.2 Å². The standard InChI is InChI=1S/C30H45N7O9/c1-29(2,3)45-23(39)18-35-15-16-36(21(25(35)41)9-8-14-33-27(42)46-30(4,5)6)22(38)17-34-24(40)19-10-12-20(13-11-19)37(26(31)32)28(43)44-7/h10-13,21H,8-9,14-18H2,1-7H3,(H3,31,32)(H,33,42)(H,34,40)/t21-/m0/s1. The molecule has 16 heteroatoms. The summed E-state index contributed by atoms with van der Waals surface area (Å²) in [6, 6.07) is 4.59. The predicted octanol–water partition coefficient (Wildman–Crippen LogP) is 1.57. The van der Waals surface area contributed by atoms with E-state index in [1.165, 1.54) is 34.1 Å². The molecule has 16 nitrogen and oxygen atoms in total. The first-order chi connectivity index (χ1) is 21.3. The van der Waals surface area contributed by atoms with Gasteiger partial charge in [0.15, 0.2) is 0 Å². The van der Waals surface area contributed by atoms with E-state index in [9.17, 15) is 28.8 Å². The summed E-state index contributed by atoms with van der Waals surface area (Å²) in [4.78, 5) is 79.5. The third-order valence-electron chi connectivity index (χ3n) is 6.35. The van der Waals surface area contributed by atoms with E-state index in [0.29, 0.717) is 6.42 Å². The van der Waals surface area contributed by atoms with Crippen molar-refractivity contribution >= 4 is 47.5 Å². The van der Waals surface area contributed by atoms with Crippen LogP contribution in [-0.2, 0) is 28.6 Å². The number of methoxy groups -OCH3 is 1. The van der Waals surface area contributed by atoms with Crippen LogP contribution in [0.2, 0.25) is 0 Å². The van der Waals surface area contributed by atoms with Crippen LogP contribution in [0, 0.1) is 5.41 Å². The first kappa shape index (κ1) is 37.3. The normalized spacial score (nSPS) is 15.0. The van der Waals surface area contributed by atoms with E-state index in [1.54, 1.807) is 41.5 Å². The van der Waals surface area contributed by atoms with E-state index in [2.05, 4.69) is 15.4 Å². The molecule has 0 aliphatic carbocycles. The minimum atomic E-state index is -0.948. The average molecular weight is 648 g/mol. The van der Waals surface area contributed by atoms with E-state index < -0.39 is 65.6 Å². The van der Waals surface area contributed by atoms with Gasteiger partial charge < -0.3 is 40.4 Å². The van der Waals surface area contributed by atoms with Crippen molar-refractivity contribution in [1.29, 1.82) is 5.41 Å². The minimum absolute atomic E-state index is 0.0821. The number of nitrogens with zero attached hydrogens (tertiary/aromatic N) is 3. The molecule has 1 heterocycles.